The van der Waals surface area contributed by atoms with E-state index in [0.29, 0.717) is 6.54 Å². The van der Waals surface area contributed by atoms with E-state index in [1.54, 1.807) is 0 Å². The van der Waals surface area contributed by atoms with Gasteiger partial charge < -0.3 is 10.2 Å². The van der Waals surface area contributed by atoms with E-state index in [1.807, 2.05) is 18.2 Å². The van der Waals surface area contributed by atoms with Crippen molar-refractivity contribution in [1.29, 1.82) is 0 Å². The van der Waals surface area contributed by atoms with Crippen LogP contribution in [0.25, 0.3) is 0 Å². The molecule has 3 nitrogen and oxygen atoms in total. The monoisotopic (exact) mass is 368 g/mol. The van der Waals surface area contributed by atoms with Gasteiger partial charge in [-0.15, -0.1) is 0 Å². The van der Waals surface area contributed by atoms with Gasteiger partial charge in [0, 0.05) is 5.56 Å². The van der Waals surface area contributed by atoms with Crippen molar-refractivity contribution in [2.45, 2.75) is 71.6 Å². The quantitative estimate of drug-likeness (QED) is 0.423. The predicted octanol–water partition coefficient (Wildman–Crippen LogP) is 6.15. The van der Waals surface area contributed by atoms with E-state index in [2.05, 4.69) is 48.6 Å². The molecular formula is C24H36N2O. The van der Waals surface area contributed by atoms with Crippen molar-refractivity contribution in [2.75, 3.05) is 13.1 Å². The second-order valence-electron chi connectivity index (χ2n) is 7.26. The normalized spacial score (nSPS) is 13.7. The Morgan fingerprint density at radius 1 is 0.889 bits per heavy atom. The Bertz CT molecular complexity index is 614. The van der Waals surface area contributed by atoms with E-state index in [4.69, 9.17) is 4.84 Å². The summed E-state index contributed by atoms with van der Waals surface area (Å²) >= 11 is 0. The minimum Gasteiger partial charge on any atom is -0.359 e. The molecular weight excluding hydrogens is 332 g/mol. The largest absolute Gasteiger partial charge is 0.359 e. The second kappa shape index (κ2) is 13.3. The zero-order valence-corrected chi connectivity index (χ0v) is 17.2. The van der Waals surface area contributed by atoms with E-state index in [1.165, 1.54) is 63.4 Å². The SMILES string of the molecule is CCCCCCCCCCc1ccc(C2=NOC(CNCC)=CC=C2)cc1. The van der Waals surface area contributed by atoms with Crippen molar-refractivity contribution in [3.63, 3.8) is 0 Å². The molecule has 1 aromatic carbocycles. The van der Waals surface area contributed by atoms with E-state index < -0.39 is 0 Å². The van der Waals surface area contributed by atoms with E-state index >= 15 is 0 Å². The van der Waals surface area contributed by atoms with E-state index in [9.17, 15) is 0 Å². The number of unbranched alkanes of at least 4 members (excludes halogenated alkanes) is 7. The van der Waals surface area contributed by atoms with Crippen LogP contribution in [0, 0.1) is 0 Å². The highest BCUT2D eigenvalue weighted by Gasteiger charge is 2.06. The van der Waals surface area contributed by atoms with Crippen LogP contribution in [0.4, 0.5) is 0 Å². The van der Waals surface area contributed by atoms with Crippen LogP contribution < -0.4 is 5.32 Å². The third-order valence-corrected chi connectivity index (χ3v) is 4.92. The number of allylic oxidation sites excluding steroid dienone is 3. The van der Waals surface area contributed by atoms with Crippen LogP contribution in [0.5, 0.6) is 0 Å². The van der Waals surface area contributed by atoms with Crippen LogP contribution in [0.3, 0.4) is 0 Å². The Morgan fingerprint density at radius 2 is 1.59 bits per heavy atom. The van der Waals surface area contributed by atoms with Crippen LogP contribution in [-0.4, -0.2) is 18.8 Å². The number of nitrogens with zero attached hydrogens (tertiary/aromatic N) is 1. The number of aryl methyl sites for hydroxylation is 1. The van der Waals surface area contributed by atoms with Gasteiger partial charge in [0.25, 0.3) is 0 Å². The van der Waals surface area contributed by atoms with E-state index in [-0.39, 0.29) is 0 Å². The molecule has 0 aromatic heterocycles. The van der Waals surface area contributed by atoms with Gasteiger partial charge in [0.2, 0.25) is 0 Å². The van der Waals surface area contributed by atoms with Gasteiger partial charge in [-0.25, -0.2) is 0 Å². The summed E-state index contributed by atoms with van der Waals surface area (Å²) in [6.45, 7) is 5.98. The van der Waals surface area contributed by atoms with Gasteiger partial charge >= 0.3 is 0 Å². The number of benzene rings is 1. The van der Waals surface area contributed by atoms with Crippen LogP contribution in [0.2, 0.25) is 0 Å². The molecule has 1 aliphatic heterocycles. The van der Waals surface area contributed by atoms with Gasteiger partial charge in [-0.2, -0.15) is 0 Å². The standard InChI is InChI=1S/C24H36N2O/c1-3-5-6-7-8-9-10-11-13-21-16-18-22(19-17-21)24-15-12-14-23(27-26-24)20-25-4-2/h12,14-19,25H,3-11,13,20H2,1-2H3. The summed E-state index contributed by atoms with van der Waals surface area (Å²) < 4.78 is 0. The van der Waals surface area contributed by atoms with Crippen LogP contribution >= 0.6 is 0 Å². The second-order valence-corrected chi connectivity index (χ2v) is 7.26. The molecule has 0 radical (unpaired) electrons. The summed E-state index contributed by atoms with van der Waals surface area (Å²) in [4.78, 5) is 5.55. The maximum absolute atomic E-state index is 5.55. The molecule has 1 N–H and O–H groups in total. The molecule has 0 spiro atoms. The number of hydrogen-bond donors (Lipinski definition) is 1. The van der Waals surface area contributed by atoms with Crippen LogP contribution in [0.15, 0.2) is 53.4 Å². The summed E-state index contributed by atoms with van der Waals surface area (Å²) in [5.41, 5.74) is 3.38. The lowest BCUT2D eigenvalue weighted by Crippen LogP contribution is -2.16. The molecule has 1 aliphatic rings. The van der Waals surface area contributed by atoms with Crippen molar-refractivity contribution in [1.82, 2.24) is 5.32 Å². The number of hydrogen-bond acceptors (Lipinski definition) is 3. The topological polar surface area (TPSA) is 33.6 Å². The van der Waals surface area contributed by atoms with Gasteiger partial charge in [-0.05, 0) is 37.1 Å². The highest BCUT2D eigenvalue weighted by Crippen LogP contribution is 2.14. The molecule has 0 saturated heterocycles. The number of rotatable bonds is 13. The van der Waals surface area contributed by atoms with Crippen molar-refractivity contribution in [3.8, 4) is 0 Å². The lowest BCUT2D eigenvalue weighted by atomic mass is 10.0. The van der Waals surface area contributed by atoms with Crippen molar-refractivity contribution < 1.29 is 4.84 Å². The molecule has 0 fully saturated rings. The average Bonchev–Trinajstić information content (AvgIpc) is 2.94. The minimum atomic E-state index is 0.704. The van der Waals surface area contributed by atoms with Crippen molar-refractivity contribution in [3.05, 3.63) is 59.4 Å². The first-order valence-corrected chi connectivity index (χ1v) is 10.8. The van der Waals surface area contributed by atoms with Gasteiger partial charge in [0.15, 0.2) is 0 Å². The molecule has 0 saturated carbocycles. The highest BCUT2D eigenvalue weighted by molar-refractivity contribution is 6.08. The lowest BCUT2D eigenvalue weighted by molar-refractivity contribution is 0.221. The van der Waals surface area contributed by atoms with Gasteiger partial charge in [-0.1, -0.05) is 94.3 Å². The number of likely N-dealkylation sites (N-methyl/N-ethyl adjacent to an activating group) is 1. The highest BCUT2D eigenvalue weighted by atomic mass is 16.6. The molecule has 0 unspecified atom stereocenters. The smallest absolute Gasteiger partial charge is 0.148 e. The number of nitrogens with one attached hydrogen (secondary N) is 1. The minimum absolute atomic E-state index is 0.704. The summed E-state index contributed by atoms with van der Waals surface area (Å²) in [5, 5.41) is 7.55. The molecule has 2 rings (SSSR count). The molecule has 0 atom stereocenters. The van der Waals surface area contributed by atoms with Gasteiger partial charge in [0.1, 0.15) is 11.5 Å². The molecule has 0 aliphatic carbocycles. The Kier molecular flexibility index (Phi) is 10.6. The third-order valence-electron chi connectivity index (χ3n) is 4.92. The molecule has 3 heteroatoms. The zero-order valence-electron chi connectivity index (χ0n) is 17.2. The Hall–Kier alpha value is -1.87. The maximum atomic E-state index is 5.55. The predicted molar refractivity (Wildman–Crippen MR) is 116 cm³/mol. The lowest BCUT2D eigenvalue weighted by Gasteiger charge is -2.06. The van der Waals surface area contributed by atoms with Crippen LogP contribution in [0.1, 0.15) is 76.3 Å². The van der Waals surface area contributed by atoms with Gasteiger partial charge in [0.05, 0.1) is 6.54 Å². The Morgan fingerprint density at radius 3 is 2.30 bits per heavy atom. The molecule has 27 heavy (non-hydrogen) atoms. The van der Waals surface area contributed by atoms with Gasteiger partial charge in [-0.3, -0.25) is 0 Å². The van der Waals surface area contributed by atoms with E-state index in [0.717, 1.165) is 23.6 Å². The first-order chi connectivity index (χ1) is 13.3. The summed E-state index contributed by atoms with van der Waals surface area (Å²) in [6, 6.07) is 8.76. The fourth-order valence-electron chi connectivity index (χ4n) is 3.21. The molecule has 0 amide bonds. The first-order valence-electron chi connectivity index (χ1n) is 10.8. The third kappa shape index (κ3) is 8.57. The Balaban J connectivity index is 1.71. The van der Waals surface area contributed by atoms with Crippen LogP contribution in [-0.2, 0) is 11.3 Å². The molecule has 148 valence electrons. The number of oxime groups is 1. The first kappa shape index (κ1) is 21.4. The fourth-order valence-corrected chi connectivity index (χ4v) is 3.21. The summed E-state index contributed by atoms with van der Waals surface area (Å²) in [5.74, 6) is 0.842. The molecule has 0 bridgehead atoms. The molecule has 1 heterocycles. The summed E-state index contributed by atoms with van der Waals surface area (Å²) in [7, 11) is 0. The maximum Gasteiger partial charge on any atom is 0.148 e. The van der Waals surface area contributed by atoms with Crippen molar-refractivity contribution in [2.24, 2.45) is 5.16 Å². The molecule has 1 aromatic rings. The Labute approximate surface area is 165 Å². The average molecular weight is 369 g/mol. The fraction of sp³-hybridized carbons (Fsp3) is 0.542. The zero-order chi connectivity index (χ0) is 19.2. The summed E-state index contributed by atoms with van der Waals surface area (Å²) in [6.07, 6.45) is 18.1. The van der Waals surface area contributed by atoms with Crippen molar-refractivity contribution >= 4 is 5.71 Å².